The van der Waals surface area contributed by atoms with Crippen LogP contribution in [0.4, 0.5) is 0 Å². The van der Waals surface area contributed by atoms with E-state index in [0.717, 1.165) is 11.8 Å². The molecule has 0 aliphatic carbocycles. The molecule has 0 saturated heterocycles. The molecule has 0 spiro atoms. The van der Waals surface area contributed by atoms with Gasteiger partial charge >= 0.3 is 5.97 Å². The Morgan fingerprint density at radius 3 is 2.67 bits per heavy atom. The van der Waals surface area contributed by atoms with E-state index in [9.17, 15) is 4.79 Å². The fourth-order valence-electron chi connectivity index (χ4n) is 0.813. The van der Waals surface area contributed by atoms with E-state index in [0.29, 0.717) is 6.54 Å². The lowest BCUT2D eigenvalue weighted by Crippen LogP contribution is -1.95. The summed E-state index contributed by atoms with van der Waals surface area (Å²) in [5.41, 5.74) is 1.01. The highest BCUT2D eigenvalue weighted by Gasteiger charge is 1.88. The van der Waals surface area contributed by atoms with Gasteiger partial charge in [-0.3, -0.25) is 4.99 Å². The second-order valence-corrected chi connectivity index (χ2v) is 2.29. The number of aliphatic carboxylic acids is 1. The molecule has 0 aromatic heterocycles. The van der Waals surface area contributed by atoms with E-state index in [-0.39, 0.29) is 0 Å². The third-order valence-electron chi connectivity index (χ3n) is 1.32. The average molecular weight is 163 g/mol. The Balaban J connectivity index is 2.49. The molecular formula is C9H9NO2. The Labute approximate surface area is 70.4 Å². The number of carbonyl (C=O) groups is 1. The third-order valence-corrected chi connectivity index (χ3v) is 1.32. The lowest BCUT2D eigenvalue weighted by Gasteiger charge is -1.92. The van der Waals surface area contributed by atoms with Crippen LogP contribution in [-0.4, -0.2) is 17.3 Å². The van der Waals surface area contributed by atoms with E-state index in [4.69, 9.17) is 5.11 Å². The number of carboxylic acid groups (broad SMARTS) is 1. The Kier molecular flexibility index (Phi) is 3.02. The number of hydrogen-bond acceptors (Lipinski definition) is 2. The fourth-order valence-corrected chi connectivity index (χ4v) is 0.813. The van der Waals surface area contributed by atoms with Crippen LogP contribution in [0.15, 0.2) is 35.3 Å². The van der Waals surface area contributed by atoms with Gasteiger partial charge in [0.25, 0.3) is 0 Å². The molecular weight excluding hydrogens is 154 g/mol. The van der Waals surface area contributed by atoms with Crippen LogP contribution in [0.5, 0.6) is 0 Å². The lowest BCUT2D eigenvalue weighted by atomic mass is 10.2. The fraction of sp³-hybridized carbons (Fsp3) is 0.111. The monoisotopic (exact) mass is 163 g/mol. The van der Waals surface area contributed by atoms with Gasteiger partial charge in [0.15, 0.2) is 0 Å². The molecule has 1 aromatic rings. The number of benzene rings is 1. The van der Waals surface area contributed by atoms with Crippen LogP contribution >= 0.6 is 0 Å². The topological polar surface area (TPSA) is 49.7 Å². The molecule has 0 saturated carbocycles. The lowest BCUT2D eigenvalue weighted by molar-refractivity contribution is -0.128. The van der Waals surface area contributed by atoms with Crippen molar-refractivity contribution in [2.45, 2.75) is 6.54 Å². The minimum absolute atomic E-state index is 0.424. The first-order chi connectivity index (χ1) is 5.79. The molecule has 1 N–H and O–H groups in total. The van der Waals surface area contributed by atoms with Crippen molar-refractivity contribution in [3.05, 3.63) is 35.9 Å². The van der Waals surface area contributed by atoms with Gasteiger partial charge in [-0.25, -0.2) is 4.79 Å². The maximum atomic E-state index is 10.0. The zero-order valence-electron chi connectivity index (χ0n) is 6.47. The molecule has 0 aliphatic heterocycles. The normalized spacial score (nSPS) is 10.3. The smallest absolute Gasteiger partial charge is 0.346 e. The van der Waals surface area contributed by atoms with Crippen molar-refractivity contribution in [1.29, 1.82) is 0 Å². The van der Waals surface area contributed by atoms with Crippen molar-refractivity contribution in [2.75, 3.05) is 0 Å². The Hall–Kier alpha value is -1.64. The summed E-state index contributed by atoms with van der Waals surface area (Å²) in [5.74, 6) is -1.01. The summed E-state index contributed by atoms with van der Waals surface area (Å²) < 4.78 is 0. The minimum atomic E-state index is -1.01. The summed E-state index contributed by atoms with van der Waals surface area (Å²) in [6, 6.07) is 9.50. The molecule has 12 heavy (non-hydrogen) atoms. The average Bonchev–Trinajstić information content (AvgIpc) is 2.05. The van der Waals surface area contributed by atoms with E-state index in [1.165, 1.54) is 0 Å². The van der Waals surface area contributed by atoms with Crippen molar-refractivity contribution in [1.82, 2.24) is 0 Å². The molecule has 3 heteroatoms. The Bertz CT molecular complexity index is 280. The second kappa shape index (κ2) is 4.28. The van der Waals surface area contributed by atoms with Crippen LogP contribution < -0.4 is 0 Å². The van der Waals surface area contributed by atoms with Crippen molar-refractivity contribution >= 4 is 12.2 Å². The van der Waals surface area contributed by atoms with E-state index in [2.05, 4.69) is 4.99 Å². The van der Waals surface area contributed by atoms with Crippen LogP contribution in [0.1, 0.15) is 5.56 Å². The van der Waals surface area contributed by atoms with Crippen molar-refractivity contribution in [3.63, 3.8) is 0 Å². The molecule has 0 unspecified atom stereocenters. The van der Waals surface area contributed by atoms with Gasteiger partial charge in [0.1, 0.15) is 6.21 Å². The van der Waals surface area contributed by atoms with Gasteiger partial charge in [0.05, 0.1) is 6.54 Å². The number of carboxylic acids is 1. The molecule has 1 rings (SSSR count). The number of hydrogen-bond donors (Lipinski definition) is 1. The van der Waals surface area contributed by atoms with Gasteiger partial charge in [0, 0.05) is 0 Å². The molecule has 1 aromatic carbocycles. The van der Waals surface area contributed by atoms with E-state index in [1.54, 1.807) is 0 Å². The van der Waals surface area contributed by atoms with Crippen molar-refractivity contribution in [3.8, 4) is 0 Å². The van der Waals surface area contributed by atoms with Gasteiger partial charge in [-0.05, 0) is 5.56 Å². The highest BCUT2D eigenvalue weighted by atomic mass is 16.4. The predicted octanol–water partition coefficient (Wildman–Crippen LogP) is 1.34. The van der Waals surface area contributed by atoms with Gasteiger partial charge < -0.3 is 5.11 Å². The third kappa shape index (κ3) is 2.96. The van der Waals surface area contributed by atoms with E-state index >= 15 is 0 Å². The summed E-state index contributed by atoms with van der Waals surface area (Å²) in [4.78, 5) is 13.8. The summed E-state index contributed by atoms with van der Waals surface area (Å²) in [6.07, 6.45) is 0.910. The highest BCUT2D eigenvalue weighted by Crippen LogP contribution is 1.98. The maximum absolute atomic E-state index is 10.0. The second-order valence-electron chi connectivity index (χ2n) is 2.29. The van der Waals surface area contributed by atoms with Gasteiger partial charge in [-0.1, -0.05) is 30.3 Å². The van der Waals surface area contributed by atoms with Crippen LogP contribution in [-0.2, 0) is 11.3 Å². The number of nitrogens with zero attached hydrogens (tertiary/aromatic N) is 1. The van der Waals surface area contributed by atoms with E-state index in [1.807, 2.05) is 30.3 Å². The SMILES string of the molecule is O=C(O)C=NCc1ccccc1. The molecule has 0 bridgehead atoms. The summed E-state index contributed by atoms with van der Waals surface area (Å²) in [5, 5.41) is 8.24. The number of rotatable bonds is 3. The van der Waals surface area contributed by atoms with Crippen LogP contribution in [0.3, 0.4) is 0 Å². The van der Waals surface area contributed by atoms with Crippen LogP contribution in [0.2, 0.25) is 0 Å². The standard InChI is InChI=1S/C9H9NO2/c11-9(12)7-10-6-8-4-2-1-3-5-8/h1-5,7H,6H2,(H,11,12). The molecule has 0 amide bonds. The highest BCUT2D eigenvalue weighted by molar-refractivity contribution is 6.21. The predicted molar refractivity (Wildman–Crippen MR) is 46.3 cm³/mol. The Morgan fingerprint density at radius 2 is 2.08 bits per heavy atom. The summed E-state index contributed by atoms with van der Waals surface area (Å²) in [6.45, 7) is 0.424. The zero-order chi connectivity index (χ0) is 8.81. The maximum Gasteiger partial charge on any atom is 0.346 e. The van der Waals surface area contributed by atoms with Gasteiger partial charge in [-0.2, -0.15) is 0 Å². The summed E-state index contributed by atoms with van der Waals surface area (Å²) >= 11 is 0. The van der Waals surface area contributed by atoms with Crippen molar-refractivity contribution < 1.29 is 9.90 Å². The molecule has 0 aliphatic rings. The first-order valence-electron chi connectivity index (χ1n) is 3.56. The quantitative estimate of drug-likeness (QED) is 0.683. The van der Waals surface area contributed by atoms with Crippen LogP contribution in [0.25, 0.3) is 0 Å². The van der Waals surface area contributed by atoms with Gasteiger partial charge in [-0.15, -0.1) is 0 Å². The molecule has 0 radical (unpaired) electrons. The van der Waals surface area contributed by atoms with Gasteiger partial charge in [0.2, 0.25) is 0 Å². The molecule has 0 atom stereocenters. The van der Waals surface area contributed by atoms with Crippen molar-refractivity contribution in [2.24, 2.45) is 4.99 Å². The first-order valence-corrected chi connectivity index (χ1v) is 3.56. The van der Waals surface area contributed by atoms with Crippen LogP contribution in [0, 0.1) is 0 Å². The molecule has 0 fully saturated rings. The minimum Gasteiger partial charge on any atom is -0.477 e. The molecule has 3 nitrogen and oxygen atoms in total. The first kappa shape index (κ1) is 8.46. The summed E-state index contributed by atoms with van der Waals surface area (Å²) in [7, 11) is 0. The Morgan fingerprint density at radius 1 is 1.42 bits per heavy atom. The largest absolute Gasteiger partial charge is 0.477 e. The number of aliphatic imine (C=N–C) groups is 1. The molecule has 0 heterocycles. The van der Waals surface area contributed by atoms with E-state index < -0.39 is 5.97 Å². The molecule has 62 valence electrons. The zero-order valence-corrected chi connectivity index (χ0v) is 6.47.